The quantitative estimate of drug-likeness (QED) is 0.859. The van der Waals surface area contributed by atoms with E-state index in [1.165, 1.54) is 11.8 Å². The van der Waals surface area contributed by atoms with Gasteiger partial charge in [-0.3, -0.25) is 4.79 Å². The number of carbonyl (C=O) groups is 1. The van der Waals surface area contributed by atoms with E-state index >= 15 is 0 Å². The van der Waals surface area contributed by atoms with E-state index in [2.05, 4.69) is 20.6 Å². The van der Waals surface area contributed by atoms with E-state index in [1.54, 1.807) is 6.20 Å². The first kappa shape index (κ1) is 16.2. The van der Waals surface area contributed by atoms with E-state index in [0.717, 1.165) is 18.0 Å². The fourth-order valence-corrected chi connectivity index (χ4v) is 1.98. The minimum atomic E-state index is -0.213. The molecule has 22 heavy (non-hydrogen) atoms. The van der Waals surface area contributed by atoms with E-state index in [9.17, 15) is 4.79 Å². The molecule has 0 saturated heterocycles. The molecule has 1 aromatic heterocycles. The number of hydrogen-bond acceptors (Lipinski definition) is 4. The van der Waals surface area contributed by atoms with E-state index in [4.69, 9.17) is 11.6 Å². The van der Waals surface area contributed by atoms with Crippen LogP contribution in [0, 0.1) is 0 Å². The fourth-order valence-electron chi connectivity index (χ4n) is 1.86. The van der Waals surface area contributed by atoms with Crippen molar-refractivity contribution in [3.05, 3.63) is 52.9 Å². The standard InChI is InChI=1S/C16H19ClN4O/c1-11(2)21-16(22)14-9-20-15(10-19-14)18-8-7-12-3-5-13(17)6-4-12/h3-6,9-11H,7-8H2,1-2H3,(H,18,20)(H,21,22). The Bertz CT molecular complexity index is 611. The van der Waals surface area contributed by atoms with E-state index in [-0.39, 0.29) is 11.9 Å². The molecule has 0 aliphatic rings. The molecule has 0 aliphatic carbocycles. The summed E-state index contributed by atoms with van der Waals surface area (Å²) < 4.78 is 0. The first-order valence-corrected chi connectivity index (χ1v) is 7.53. The molecular formula is C16H19ClN4O. The van der Waals surface area contributed by atoms with Gasteiger partial charge in [-0.05, 0) is 38.0 Å². The molecule has 0 bridgehead atoms. The van der Waals surface area contributed by atoms with Gasteiger partial charge in [0, 0.05) is 17.6 Å². The number of nitrogens with zero attached hydrogens (tertiary/aromatic N) is 2. The van der Waals surface area contributed by atoms with E-state index in [0.29, 0.717) is 11.5 Å². The zero-order valence-corrected chi connectivity index (χ0v) is 13.4. The highest BCUT2D eigenvalue weighted by Crippen LogP contribution is 2.10. The van der Waals surface area contributed by atoms with Crippen LogP contribution in [0.1, 0.15) is 29.9 Å². The highest BCUT2D eigenvalue weighted by atomic mass is 35.5. The van der Waals surface area contributed by atoms with Gasteiger partial charge in [-0.1, -0.05) is 23.7 Å². The van der Waals surface area contributed by atoms with Gasteiger partial charge in [-0.15, -0.1) is 0 Å². The molecule has 0 unspecified atom stereocenters. The van der Waals surface area contributed by atoms with Crippen molar-refractivity contribution in [3.8, 4) is 0 Å². The molecule has 0 aliphatic heterocycles. The van der Waals surface area contributed by atoms with Crippen LogP contribution in [0.25, 0.3) is 0 Å². The lowest BCUT2D eigenvalue weighted by Gasteiger charge is -2.08. The number of rotatable bonds is 6. The van der Waals surface area contributed by atoms with Gasteiger partial charge in [0.2, 0.25) is 0 Å². The van der Waals surface area contributed by atoms with Crippen molar-refractivity contribution in [2.75, 3.05) is 11.9 Å². The third-order valence-electron chi connectivity index (χ3n) is 2.94. The minimum Gasteiger partial charge on any atom is -0.368 e. The molecule has 1 heterocycles. The van der Waals surface area contributed by atoms with Crippen molar-refractivity contribution in [2.45, 2.75) is 26.3 Å². The summed E-state index contributed by atoms with van der Waals surface area (Å²) in [5.74, 6) is 0.435. The molecule has 0 radical (unpaired) electrons. The molecule has 116 valence electrons. The Morgan fingerprint density at radius 1 is 1.18 bits per heavy atom. The first-order chi connectivity index (χ1) is 10.5. The van der Waals surface area contributed by atoms with Crippen LogP contribution in [-0.4, -0.2) is 28.5 Å². The van der Waals surface area contributed by atoms with Gasteiger partial charge in [-0.25, -0.2) is 9.97 Å². The van der Waals surface area contributed by atoms with Crippen LogP contribution in [0.2, 0.25) is 5.02 Å². The Morgan fingerprint density at radius 3 is 2.50 bits per heavy atom. The molecule has 0 saturated carbocycles. The van der Waals surface area contributed by atoms with Gasteiger partial charge < -0.3 is 10.6 Å². The molecule has 5 nitrogen and oxygen atoms in total. The molecule has 2 rings (SSSR count). The third kappa shape index (κ3) is 5.00. The third-order valence-corrected chi connectivity index (χ3v) is 3.19. The summed E-state index contributed by atoms with van der Waals surface area (Å²) in [6.45, 7) is 4.53. The molecule has 6 heteroatoms. The lowest BCUT2D eigenvalue weighted by atomic mass is 10.1. The molecule has 1 aromatic carbocycles. The van der Waals surface area contributed by atoms with Gasteiger partial charge in [0.15, 0.2) is 0 Å². The molecule has 0 atom stereocenters. The topological polar surface area (TPSA) is 66.9 Å². The zero-order chi connectivity index (χ0) is 15.9. The number of nitrogens with one attached hydrogen (secondary N) is 2. The monoisotopic (exact) mass is 318 g/mol. The predicted octanol–water partition coefficient (Wildman–Crippen LogP) is 2.92. The molecule has 0 spiro atoms. The van der Waals surface area contributed by atoms with Crippen LogP contribution in [0.5, 0.6) is 0 Å². The molecule has 0 fully saturated rings. The highest BCUT2D eigenvalue weighted by Gasteiger charge is 2.08. The van der Waals surface area contributed by atoms with Gasteiger partial charge >= 0.3 is 0 Å². The highest BCUT2D eigenvalue weighted by molar-refractivity contribution is 6.30. The summed E-state index contributed by atoms with van der Waals surface area (Å²) >= 11 is 5.85. The zero-order valence-electron chi connectivity index (χ0n) is 12.6. The Balaban J connectivity index is 1.83. The number of amides is 1. The number of benzene rings is 1. The van der Waals surface area contributed by atoms with Gasteiger partial charge in [0.1, 0.15) is 11.5 Å². The second-order valence-electron chi connectivity index (χ2n) is 5.22. The lowest BCUT2D eigenvalue weighted by Crippen LogP contribution is -2.30. The summed E-state index contributed by atoms with van der Waals surface area (Å²) in [6.07, 6.45) is 3.90. The van der Waals surface area contributed by atoms with E-state index < -0.39 is 0 Å². The Kier molecular flexibility index (Phi) is 5.72. The summed E-state index contributed by atoms with van der Waals surface area (Å²) in [7, 11) is 0. The largest absolute Gasteiger partial charge is 0.368 e. The second kappa shape index (κ2) is 7.75. The van der Waals surface area contributed by atoms with Crippen molar-refractivity contribution in [1.29, 1.82) is 0 Å². The Morgan fingerprint density at radius 2 is 1.91 bits per heavy atom. The SMILES string of the molecule is CC(C)NC(=O)c1cnc(NCCc2ccc(Cl)cc2)cn1. The van der Waals surface area contributed by atoms with Gasteiger partial charge in [-0.2, -0.15) is 0 Å². The number of aromatic nitrogens is 2. The van der Waals surface area contributed by atoms with Gasteiger partial charge in [0.05, 0.1) is 12.4 Å². The minimum absolute atomic E-state index is 0.0754. The summed E-state index contributed by atoms with van der Waals surface area (Å²) in [4.78, 5) is 20.1. The predicted molar refractivity (Wildman–Crippen MR) is 88.3 cm³/mol. The normalized spacial score (nSPS) is 10.5. The Labute approximate surface area is 135 Å². The fraction of sp³-hybridized carbons (Fsp3) is 0.312. The molecule has 2 N–H and O–H groups in total. The van der Waals surface area contributed by atoms with Crippen molar-refractivity contribution in [2.24, 2.45) is 0 Å². The number of anilines is 1. The number of halogens is 1. The smallest absolute Gasteiger partial charge is 0.271 e. The van der Waals surface area contributed by atoms with E-state index in [1.807, 2.05) is 38.1 Å². The average molecular weight is 319 g/mol. The maximum Gasteiger partial charge on any atom is 0.271 e. The van der Waals surface area contributed by atoms with Crippen LogP contribution in [0.4, 0.5) is 5.82 Å². The summed E-state index contributed by atoms with van der Waals surface area (Å²) in [6, 6.07) is 7.81. The van der Waals surface area contributed by atoms with Crippen molar-refractivity contribution in [1.82, 2.24) is 15.3 Å². The Hall–Kier alpha value is -2.14. The van der Waals surface area contributed by atoms with Gasteiger partial charge in [0.25, 0.3) is 5.91 Å². The van der Waals surface area contributed by atoms with Crippen molar-refractivity contribution in [3.63, 3.8) is 0 Å². The first-order valence-electron chi connectivity index (χ1n) is 7.16. The van der Waals surface area contributed by atoms with Crippen LogP contribution < -0.4 is 10.6 Å². The second-order valence-corrected chi connectivity index (χ2v) is 5.65. The van der Waals surface area contributed by atoms with Crippen molar-refractivity contribution < 1.29 is 4.79 Å². The molecular weight excluding hydrogens is 300 g/mol. The van der Waals surface area contributed by atoms with Crippen LogP contribution in [0.15, 0.2) is 36.7 Å². The summed E-state index contributed by atoms with van der Waals surface area (Å²) in [5.41, 5.74) is 1.51. The van der Waals surface area contributed by atoms with Crippen LogP contribution in [0.3, 0.4) is 0 Å². The molecule has 2 aromatic rings. The number of carbonyl (C=O) groups excluding carboxylic acids is 1. The van der Waals surface area contributed by atoms with Crippen molar-refractivity contribution >= 4 is 23.3 Å². The molecule has 1 amide bonds. The maximum atomic E-state index is 11.7. The van der Waals surface area contributed by atoms with Crippen LogP contribution in [-0.2, 0) is 6.42 Å². The maximum absolute atomic E-state index is 11.7. The lowest BCUT2D eigenvalue weighted by molar-refractivity contribution is 0.0937. The summed E-state index contributed by atoms with van der Waals surface area (Å²) in [5, 5.41) is 6.69. The average Bonchev–Trinajstić information content (AvgIpc) is 2.49. The number of hydrogen-bond donors (Lipinski definition) is 2. The van der Waals surface area contributed by atoms with Crippen LogP contribution >= 0.6 is 11.6 Å².